The molecule has 13 aromatic rings. The Morgan fingerprint density at radius 2 is 0.811 bits per heavy atom. The van der Waals surface area contributed by atoms with Crippen LogP contribution in [0.15, 0.2) is 285 Å². The Kier molecular flexibility index (Phi) is 10.4. The van der Waals surface area contributed by atoms with E-state index in [-0.39, 0.29) is 0 Å². The van der Waals surface area contributed by atoms with Crippen LogP contribution in [0, 0.1) is 0 Å². The summed E-state index contributed by atoms with van der Waals surface area (Å²) >= 11 is 0. The van der Waals surface area contributed by atoms with Crippen LogP contribution in [0.25, 0.3) is 88.2 Å². The summed E-state index contributed by atoms with van der Waals surface area (Å²) in [5.74, 6) is 0.576. The molecular formula is C71H47N3. The van der Waals surface area contributed by atoms with Crippen LogP contribution in [-0.4, -0.2) is 9.97 Å². The summed E-state index contributed by atoms with van der Waals surface area (Å²) < 4.78 is 0. The van der Waals surface area contributed by atoms with E-state index in [0.717, 1.165) is 88.5 Å². The van der Waals surface area contributed by atoms with E-state index < -0.39 is 5.41 Å². The van der Waals surface area contributed by atoms with Crippen molar-refractivity contribution >= 4 is 49.8 Å². The Labute approximate surface area is 431 Å². The zero-order valence-electron chi connectivity index (χ0n) is 40.5. The Balaban J connectivity index is 1.09. The van der Waals surface area contributed by atoms with Gasteiger partial charge in [0.05, 0.1) is 28.0 Å². The number of benzene rings is 12. The van der Waals surface area contributed by atoms with Crippen LogP contribution in [0.3, 0.4) is 0 Å². The minimum atomic E-state index is -0.584. The molecule has 0 radical (unpaired) electrons. The van der Waals surface area contributed by atoms with Gasteiger partial charge < -0.3 is 0 Å². The van der Waals surface area contributed by atoms with Crippen LogP contribution >= 0.6 is 0 Å². The highest BCUT2D eigenvalue weighted by atomic mass is 15.3. The molecule has 0 spiro atoms. The predicted octanol–water partition coefficient (Wildman–Crippen LogP) is 18.4. The SMILES string of the molecule is c1ccc(-c2ccc(N(c3nc(-c4ccc5c(c4)C(c4ccccc4)(c4ccccc4)c4ccccc4-5)c4ccc5ccccc5c4n3)c3ccc(-c4ccccc4)c4ccccc34)c(-c3ccccc3)c2)cc1. The molecule has 14 rings (SSSR count). The van der Waals surface area contributed by atoms with Gasteiger partial charge in [0.25, 0.3) is 0 Å². The van der Waals surface area contributed by atoms with Crippen LogP contribution in [-0.2, 0) is 5.41 Å². The molecule has 12 aromatic carbocycles. The number of nitrogens with zero attached hydrogens (tertiary/aromatic N) is 3. The average Bonchev–Trinajstić information content (AvgIpc) is 3.79. The lowest BCUT2D eigenvalue weighted by Crippen LogP contribution is -2.28. The van der Waals surface area contributed by atoms with Gasteiger partial charge in [-0.15, -0.1) is 0 Å². The van der Waals surface area contributed by atoms with E-state index >= 15 is 0 Å². The summed E-state index contributed by atoms with van der Waals surface area (Å²) in [5, 5.41) is 5.41. The van der Waals surface area contributed by atoms with Crippen molar-refractivity contribution < 1.29 is 0 Å². The van der Waals surface area contributed by atoms with Gasteiger partial charge in [-0.1, -0.05) is 255 Å². The van der Waals surface area contributed by atoms with E-state index in [2.05, 4.69) is 290 Å². The fourth-order valence-electron chi connectivity index (χ4n) is 11.8. The number of fused-ring (bicyclic) bond motifs is 7. The van der Waals surface area contributed by atoms with Crippen molar-refractivity contribution in [2.24, 2.45) is 0 Å². The average molecular weight is 942 g/mol. The van der Waals surface area contributed by atoms with E-state index in [1.54, 1.807) is 0 Å². The predicted molar refractivity (Wildman–Crippen MR) is 308 cm³/mol. The van der Waals surface area contributed by atoms with Crippen molar-refractivity contribution in [3.05, 3.63) is 307 Å². The third kappa shape index (κ3) is 6.97. The highest BCUT2D eigenvalue weighted by Gasteiger charge is 2.46. The second kappa shape index (κ2) is 17.9. The number of anilines is 3. The van der Waals surface area contributed by atoms with Crippen molar-refractivity contribution in [1.82, 2.24) is 9.97 Å². The van der Waals surface area contributed by atoms with Crippen molar-refractivity contribution in [3.63, 3.8) is 0 Å². The normalized spacial score (nSPS) is 12.4. The quantitative estimate of drug-likeness (QED) is 0.135. The molecule has 0 saturated heterocycles. The van der Waals surface area contributed by atoms with Crippen LogP contribution in [0.5, 0.6) is 0 Å². The summed E-state index contributed by atoms with van der Waals surface area (Å²) in [5.41, 5.74) is 18.3. The maximum Gasteiger partial charge on any atom is 0.235 e. The molecule has 0 amide bonds. The third-order valence-corrected chi connectivity index (χ3v) is 15.2. The lowest BCUT2D eigenvalue weighted by molar-refractivity contribution is 0.768. The van der Waals surface area contributed by atoms with Crippen molar-refractivity contribution in [2.75, 3.05) is 4.90 Å². The molecule has 1 aromatic heterocycles. The van der Waals surface area contributed by atoms with Gasteiger partial charge in [-0.2, -0.15) is 0 Å². The van der Waals surface area contributed by atoms with Gasteiger partial charge in [0.15, 0.2) is 0 Å². The topological polar surface area (TPSA) is 29.0 Å². The fourth-order valence-corrected chi connectivity index (χ4v) is 11.8. The van der Waals surface area contributed by atoms with E-state index in [0.29, 0.717) is 5.95 Å². The molecule has 3 heteroatoms. The van der Waals surface area contributed by atoms with Crippen molar-refractivity contribution in [3.8, 4) is 55.8 Å². The molecule has 3 nitrogen and oxygen atoms in total. The maximum atomic E-state index is 5.92. The number of hydrogen-bond acceptors (Lipinski definition) is 3. The fraction of sp³-hybridized carbons (Fsp3) is 0.0141. The smallest absolute Gasteiger partial charge is 0.235 e. The van der Waals surface area contributed by atoms with Gasteiger partial charge in [0.1, 0.15) is 0 Å². The first-order valence-corrected chi connectivity index (χ1v) is 25.4. The first kappa shape index (κ1) is 43.1. The molecule has 1 heterocycles. The third-order valence-electron chi connectivity index (χ3n) is 15.2. The monoisotopic (exact) mass is 941 g/mol. The summed E-state index contributed by atoms with van der Waals surface area (Å²) in [6, 6.07) is 103. The van der Waals surface area contributed by atoms with Gasteiger partial charge in [-0.3, -0.25) is 4.90 Å². The standard InChI is InChI=1S/C71H47N3/c1-6-22-48(23-7-1)52-40-44-67(63(46-52)50-26-10-3-11-27-50)74(66-45-43-56(49-24-8-2-9-25-49)58-34-18-19-36-61(58)66)70-72-68(62-42-38-51-28-16-17-33-57(51)69(62)73-70)53-39-41-60-59-35-20-21-37-64(59)71(65(60)47-53,54-29-12-4-13-30-54)55-31-14-5-15-32-55/h1-47H. The molecule has 0 bridgehead atoms. The van der Waals surface area contributed by atoms with E-state index in [9.17, 15) is 0 Å². The highest BCUT2D eigenvalue weighted by molar-refractivity contribution is 6.11. The summed E-state index contributed by atoms with van der Waals surface area (Å²) in [7, 11) is 0. The van der Waals surface area contributed by atoms with E-state index in [1.165, 1.54) is 33.4 Å². The molecule has 1 aliphatic carbocycles. The lowest BCUT2D eigenvalue weighted by atomic mass is 9.67. The van der Waals surface area contributed by atoms with Crippen LogP contribution in [0.1, 0.15) is 22.3 Å². The Morgan fingerprint density at radius 1 is 0.284 bits per heavy atom. The zero-order valence-corrected chi connectivity index (χ0v) is 40.5. The number of rotatable bonds is 9. The van der Waals surface area contributed by atoms with E-state index in [4.69, 9.17) is 9.97 Å². The Hall–Kier alpha value is -9.70. The largest absolute Gasteiger partial charge is 0.278 e. The van der Waals surface area contributed by atoms with Gasteiger partial charge in [0, 0.05) is 27.3 Å². The molecular weight excluding hydrogens is 895 g/mol. The second-order valence-corrected chi connectivity index (χ2v) is 19.2. The first-order chi connectivity index (χ1) is 36.7. The van der Waals surface area contributed by atoms with Crippen molar-refractivity contribution in [1.29, 1.82) is 0 Å². The summed E-state index contributed by atoms with van der Waals surface area (Å²) in [6.07, 6.45) is 0. The van der Waals surface area contributed by atoms with Crippen LogP contribution in [0.2, 0.25) is 0 Å². The highest BCUT2D eigenvalue weighted by Crippen LogP contribution is 2.57. The second-order valence-electron chi connectivity index (χ2n) is 19.2. The summed E-state index contributed by atoms with van der Waals surface area (Å²) in [4.78, 5) is 14.0. The molecule has 0 saturated carbocycles. The molecule has 0 atom stereocenters. The minimum Gasteiger partial charge on any atom is -0.278 e. The first-order valence-electron chi connectivity index (χ1n) is 25.4. The number of aromatic nitrogens is 2. The molecule has 0 aliphatic heterocycles. The molecule has 0 fully saturated rings. The van der Waals surface area contributed by atoms with Crippen LogP contribution in [0.4, 0.5) is 17.3 Å². The Bertz CT molecular complexity index is 4190. The zero-order chi connectivity index (χ0) is 49.0. The van der Waals surface area contributed by atoms with Crippen LogP contribution < -0.4 is 4.90 Å². The van der Waals surface area contributed by atoms with Gasteiger partial charge in [0.2, 0.25) is 5.95 Å². The molecule has 74 heavy (non-hydrogen) atoms. The minimum absolute atomic E-state index is 0.576. The summed E-state index contributed by atoms with van der Waals surface area (Å²) in [6.45, 7) is 0. The number of hydrogen-bond donors (Lipinski definition) is 0. The van der Waals surface area contributed by atoms with E-state index in [1.807, 2.05) is 0 Å². The van der Waals surface area contributed by atoms with Crippen molar-refractivity contribution in [2.45, 2.75) is 5.41 Å². The van der Waals surface area contributed by atoms with Gasteiger partial charge in [-0.05, 0) is 102 Å². The van der Waals surface area contributed by atoms with Gasteiger partial charge >= 0.3 is 0 Å². The lowest BCUT2D eigenvalue weighted by Gasteiger charge is -2.34. The Morgan fingerprint density at radius 3 is 1.51 bits per heavy atom. The molecule has 0 N–H and O–H groups in total. The molecule has 0 unspecified atom stereocenters. The van der Waals surface area contributed by atoms with Gasteiger partial charge in [-0.25, -0.2) is 9.97 Å². The molecule has 1 aliphatic rings. The maximum absolute atomic E-state index is 5.92. The molecule has 346 valence electrons.